The fraction of sp³-hybridized carbons (Fsp3) is 0.625. The highest BCUT2D eigenvalue weighted by Crippen LogP contribution is 2.35. The van der Waals surface area contributed by atoms with Gasteiger partial charge in [0.25, 0.3) is 0 Å². The van der Waals surface area contributed by atoms with Gasteiger partial charge >= 0.3 is 0 Å². The lowest BCUT2D eigenvalue weighted by Gasteiger charge is -2.09. The van der Waals surface area contributed by atoms with Crippen LogP contribution in [-0.2, 0) is 0 Å². The Morgan fingerprint density at radius 1 is 1.24 bits per heavy atom. The standard InChI is InChI=1S/C8H9BrN6S2/c9-6-10-12-8(16-6)17-7-11-13-14-15(7)5-3-1-2-4-5/h5H,1-4H2. The molecule has 0 radical (unpaired) electrons. The molecule has 1 saturated carbocycles. The second kappa shape index (κ2) is 4.99. The Morgan fingerprint density at radius 2 is 2.06 bits per heavy atom. The van der Waals surface area contributed by atoms with Crippen LogP contribution in [0.1, 0.15) is 31.7 Å². The van der Waals surface area contributed by atoms with Crippen LogP contribution < -0.4 is 0 Å². The monoisotopic (exact) mass is 332 g/mol. The fourth-order valence-corrected chi connectivity index (χ4v) is 4.33. The lowest BCUT2D eigenvalue weighted by atomic mass is 10.3. The minimum atomic E-state index is 0.448. The highest BCUT2D eigenvalue weighted by atomic mass is 79.9. The van der Waals surface area contributed by atoms with Gasteiger partial charge in [-0.2, -0.15) is 0 Å². The first kappa shape index (κ1) is 11.5. The van der Waals surface area contributed by atoms with Crippen molar-refractivity contribution in [1.82, 2.24) is 30.4 Å². The van der Waals surface area contributed by atoms with Crippen molar-refractivity contribution < 1.29 is 0 Å². The van der Waals surface area contributed by atoms with Crippen molar-refractivity contribution in [2.75, 3.05) is 0 Å². The summed E-state index contributed by atoms with van der Waals surface area (Å²) in [5, 5.41) is 20.6. The number of rotatable bonds is 3. The number of aromatic nitrogens is 6. The van der Waals surface area contributed by atoms with E-state index in [1.165, 1.54) is 48.8 Å². The third-order valence-corrected chi connectivity index (χ3v) is 5.05. The molecule has 0 atom stereocenters. The predicted molar refractivity (Wildman–Crippen MR) is 67.1 cm³/mol. The molecule has 1 aliphatic rings. The molecule has 2 heterocycles. The van der Waals surface area contributed by atoms with Crippen LogP contribution in [0.4, 0.5) is 0 Å². The van der Waals surface area contributed by atoms with E-state index in [2.05, 4.69) is 41.7 Å². The topological polar surface area (TPSA) is 69.4 Å². The molecule has 17 heavy (non-hydrogen) atoms. The summed E-state index contributed by atoms with van der Waals surface area (Å²) in [6.07, 6.45) is 4.86. The van der Waals surface area contributed by atoms with E-state index in [9.17, 15) is 0 Å². The highest BCUT2D eigenvalue weighted by molar-refractivity contribution is 9.11. The first-order valence-corrected chi connectivity index (χ1v) is 7.70. The van der Waals surface area contributed by atoms with E-state index in [4.69, 9.17) is 0 Å². The summed E-state index contributed by atoms with van der Waals surface area (Å²) >= 11 is 6.25. The molecule has 2 aromatic heterocycles. The smallest absolute Gasteiger partial charge is 0.216 e. The van der Waals surface area contributed by atoms with Crippen molar-refractivity contribution in [2.24, 2.45) is 0 Å². The molecule has 0 aromatic carbocycles. The number of hydrogen-bond acceptors (Lipinski definition) is 7. The van der Waals surface area contributed by atoms with Crippen molar-refractivity contribution in [3.63, 3.8) is 0 Å². The molecule has 6 nitrogen and oxygen atoms in total. The molecule has 0 unspecified atom stereocenters. The second-order valence-corrected chi connectivity index (χ2v) is 7.24. The molecule has 1 fully saturated rings. The Hall–Kier alpha value is -0.540. The molecule has 0 saturated heterocycles. The Labute approximate surface area is 114 Å². The average Bonchev–Trinajstić information content (AvgIpc) is 3.00. The van der Waals surface area contributed by atoms with Crippen LogP contribution in [0.25, 0.3) is 0 Å². The molecule has 0 bridgehead atoms. The lowest BCUT2D eigenvalue weighted by Crippen LogP contribution is -2.08. The fourth-order valence-electron chi connectivity index (χ4n) is 1.94. The van der Waals surface area contributed by atoms with Crippen LogP contribution in [0.5, 0.6) is 0 Å². The molecule has 0 spiro atoms. The van der Waals surface area contributed by atoms with Crippen molar-refractivity contribution in [3.8, 4) is 0 Å². The van der Waals surface area contributed by atoms with Gasteiger partial charge in [-0.05, 0) is 51.0 Å². The Balaban J connectivity index is 1.81. The minimum absolute atomic E-state index is 0.448. The molecule has 0 aliphatic heterocycles. The minimum Gasteiger partial charge on any atom is -0.217 e. The molecule has 2 aromatic rings. The lowest BCUT2D eigenvalue weighted by molar-refractivity contribution is 0.423. The summed E-state index contributed by atoms with van der Waals surface area (Å²) in [5.41, 5.74) is 0. The third-order valence-electron chi connectivity index (χ3n) is 2.69. The van der Waals surface area contributed by atoms with Crippen molar-refractivity contribution in [1.29, 1.82) is 0 Å². The number of hydrogen-bond donors (Lipinski definition) is 0. The summed E-state index contributed by atoms with van der Waals surface area (Å²) in [5.74, 6) is 0. The van der Waals surface area contributed by atoms with E-state index in [-0.39, 0.29) is 0 Å². The van der Waals surface area contributed by atoms with Crippen LogP contribution in [0.2, 0.25) is 0 Å². The SMILES string of the molecule is Brc1nnc(Sc2nnnn2C2CCCC2)s1. The first-order chi connectivity index (χ1) is 8.33. The Bertz CT molecular complexity index is 506. The molecule has 1 aliphatic carbocycles. The highest BCUT2D eigenvalue weighted by Gasteiger charge is 2.22. The zero-order valence-electron chi connectivity index (χ0n) is 8.78. The average molecular weight is 333 g/mol. The third kappa shape index (κ3) is 2.50. The van der Waals surface area contributed by atoms with E-state index in [1.807, 2.05) is 4.68 Å². The molecule has 90 valence electrons. The van der Waals surface area contributed by atoms with E-state index >= 15 is 0 Å². The second-order valence-electron chi connectivity index (χ2n) is 3.77. The maximum atomic E-state index is 4.08. The zero-order valence-corrected chi connectivity index (χ0v) is 12.0. The van der Waals surface area contributed by atoms with Crippen LogP contribution in [-0.4, -0.2) is 30.4 Å². The van der Waals surface area contributed by atoms with Gasteiger partial charge in [-0.1, -0.05) is 24.2 Å². The van der Waals surface area contributed by atoms with Gasteiger partial charge in [-0.3, -0.25) is 0 Å². The molecule has 9 heteroatoms. The van der Waals surface area contributed by atoms with Gasteiger partial charge in [-0.15, -0.1) is 15.3 Å². The summed E-state index contributed by atoms with van der Waals surface area (Å²) in [6, 6.07) is 0.448. The van der Waals surface area contributed by atoms with Crippen molar-refractivity contribution in [3.05, 3.63) is 3.92 Å². The van der Waals surface area contributed by atoms with Gasteiger partial charge in [0.15, 0.2) is 8.26 Å². The van der Waals surface area contributed by atoms with E-state index in [1.54, 1.807) is 0 Å². The van der Waals surface area contributed by atoms with Crippen molar-refractivity contribution in [2.45, 2.75) is 41.2 Å². The molecular weight excluding hydrogens is 324 g/mol. The molecule has 0 amide bonds. The number of nitrogens with zero attached hydrogens (tertiary/aromatic N) is 6. The van der Waals surface area contributed by atoms with Crippen LogP contribution >= 0.6 is 39.0 Å². The molecular formula is C8H9BrN6S2. The van der Waals surface area contributed by atoms with Gasteiger partial charge in [-0.25, -0.2) is 4.68 Å². The van der Waals surface area contributed by atoms with Crippen LogP contribution in [0, 0.1) is 0 Å². The van der Waals surface area contributed by atoms with E-state index in [0.717, 1.165) is 13.4 Å². The summed E-state index contributed by atoms with van der Waals surface area (Å²) in [4.78, 5) is 0. The van der Waals surface area contributed by atoms with Gasteiger partial charge in [0.05, 0.1) is 6.04 Å². The normalized spacial score (nSPS) is 16.8. The van der Waals surface area contributed by atoms with Crippen molar-refractivity contribution >= 4 is 39.0 Å². The van der Waals surface area contributed by atoms with Gasteiger partial charge in [0.1, 0.15) is 0 Å². The van der Waals surface area contributed by atoms with Gasteiger partial charge < -0.3 is 0 Å². The predicted octanol–water partition coefficient (Wildman–Crippen LogP) is 2.55. The molecule has 3 rings (SSSR count). The number of tetrazole rings is 1. The van der Waals surface area contributed by atoms with Crippen LogP contribution in [0.3, 0.4) is 0 Å². The summed E-state index contributed by atoms with van der Waals surface area (Å²) in [6.45, 7) is 0. The Morgan fingerprint density at radius 3 is 2.76 bits per heavy atom. The van der Waals surface area contributed by atoms with E-state index in [0.29, 0.717) is 6.04 Å². The van der Waals surface area contributed by atoms with Gasteiger partial charge in [0.2, 0.25) is 5.16 Å². The largest absolute Gasteiger partial charge is 0.217 e. The zero-order chi connectivity index (χ0) is 11.7. The summed E-state index contributed by atoms with van der Waals surface area (Å²) in [7, 11) is 0. The maximum Gasteiger partial charge on any atom is 0.216 e. The van der Waals surface area contributed by atoms with Gasteiger partial charge in [0, 0.05) is 0 Å². The van der Waals surface area contributed by atoms with Crippen LogP contribution in [0.15, 0.2) is 13.4 Å². The molecule has 0 N–H and O–H groups in total. The van der Waals surface area contributed by atoms with E-state index < -0.39 is 0 Å². The summed E-state index contributed by atoms with van der Waals surface area (Å²) < 4.78 is 3.55. The maximum absolute atomic E-state index is 4.08. The Kier molecular flexibility index (Phi) is 3.39. The number of halogens is 1. The first-order valence-electron chi connectivity index (χ1n) is 5.27. The quantitative estimate of drug-likeness (QED) is 0.860.